The van der Waals surface area contributed by atoms with Gasteiger partial charge in [0.2, 0.25) is 0 Å². The van der Waals surface area contributed by atoms with Crippen LogP contribution in [0.3, 0.4) is 0 Å². The molecule has 1 rings (SSSR count). The summed E-state index contributed by atoms with van der Waals surface area (Å²) in [5.41, 5.74) is -0.844. The molecule has 0 N–H and O–H groups in total. The second-order valence-corrected chi connectivity index (χ2v) is 3.66. The highest BCUT2D eigenvalue weighted by Gasteiger charge is 2.32. The first-order valence-electron chi connectivity index (χ1n) is 5.31. The average Bonchev–Trinajstić information content (AvgIpc) is 2.33. The molecule has 0 spiro atoms. The Labute approximate surface area is 107 Å². The molecule has 0 radical (unpaired) electrons. The van der Waals surface area contributed by atoms with E-state index >= 15 is 0 Å². The predicted molar refractivity (Wildman–Crippen MR) is 58.6 cm³/mol. The fourth-order valence-corrected chi connectivity index (χ4v) is 1.34. The van der Waals surface area contributed by atoms with Crippen molar-refractivity contribution in [2.75, 3.05) is 6.73 Å². The summed E-state index contributed by atoms with van der Waals surface area (Å²) >= 11 is 0. The molecule has 1 aromatic rings. The molecule has 0 amide bonds. The number of halogens is 3. The van der Waals surface area contributed by atoms with Crippen molar-refractivity contribution in [2.45, 2.75) is 26.0 Å². The highest BCUT2D eigenvalue weighted by Crippen LogP contribution is 2.32. The fraction of sp³-hybridized carbons (Fsp3) is 0.455. The highest BCUT2D eigenvalue weighted by molar-refractivity contribution is 5.28. The number of benzene rings is 1. The van der Waals surface area contributed by atoms with E-state index in [0.29, 0.717) is 0 Å². The Morgan fingerprint density at radius 3 is 2.53 bits per heavy atom. The molecule has 0 fully saturated rings. The Morgan fingerprint density at radius 1 is 1.32 bits per heavy atom. The van der Waals surface area contributed by atoms with Crippen LogP contribution in [-0.4, -0.2) is 17.9 Å². The van der Waals surface area contributed by atoms with Crippen LogP contribution < -0.4 is 0 Å². The molecule has 0 saturated carbocycles. The largest absolute Gasteiger partial charge is 0.416 e. The third kappa shape index (κ3) is 5.23. The van der Waals surface area contributed by atoms with E-state index in [1.54, 1.807) is 0 Å². The molecule has 19 heavy (non-hydrogen) atoms. The number of nitro groups is 1. The summed E-state index contributed by atoms with van der Waals surface area (Å²) in [5, 5.41) is 10.0. The van der Waals surface area contributed by atoms with Crippen molar-refractivity contribution in [3.63, 3.8) is 0 Å². The molecule has 0 bridgehead atoms. The maximum Gasteiger partial charge on any atom is 0.416 e. The maximum atomic E-state index is 12.7. The summed E-state index contributed by atoms with van der Waals surface area (Å²) in [4.78, 5) is 9.33. The third-order valence-corrected chi connectivity index (χ3v) is 2.21. The molecule has 0 aromatic heterocycles. The zero-order valence-corrected chi connectivity index (χ0v) is 10.0. The molecule has 1 atom stereocenters. The second kappa shape index (κ2) is 6.48. The minimum atomic E-state index is -4.47. The van der Waals surface area contributed by atoms with E-state index in [4.69, 9.17) is 4.74 Å². The molecule has 0 aliphatic carbocycles. The smallest absolute Gasteiger partial charge is 0.348 e. The van der Waals surface area contributed by atoms with Gasteiger partial charge < -0.3 is 4.74 Å². The van der Waals surface area contributed by atoms with Gasteiger partial charge in [-0.25, -0.2) is 0 Å². The second-order valence-electron chi connectivity index (χ2n) is 3.66. The van der Waals surface area contributed by atoms with Crippen LogP contribution in [0, 0.1) is 10.1 Å². The van der Waals surface area contributed by atoms with E-state index in [1.807, 2.05) is 0 Å². The molecule has 0 aliphatic rings. The number of ether oxygens (including phenoxy) is 2. The Hall–Kier alpha value is -1.67. The normalized spacial score (nSPS) is 13.3. The third-order valence-electron chi connectivity index (χ3n) is 2.21. The monoisotopic (exact) mass is 279 g/mol. The van der Waals surface area contributed by atoms with Gasteiger partial charge in [0.15, 0.2) is 6.29 Å². The Bertz CT molecular complexity index is 436. The van der Waals surface area contributed by atoms with Crippen molar-refractivity contribution in [2.24, 2.45) is 0 Å². The Balaban J connectivity index is 2.60. The average molecular weight is 279 g/mol. The molecular weight excluding hydrogens is 267 g/mol. The molecule has 0 saturated heterocycles. The lowest BCUT2D eigenvalue weighted by Crippen LogP contribution is -2.18. The highest BCUT2D eigenvalue weighted by atomic mass is 19.4. The molecule has 106 valence electrons. The van der Waals surface area contributed by atoms with Crippen molar-refractivity contribution in [3.05, 3.63) is 45.5 Å². The Kier molecular flexibility index (Phi) is 5.25. The zero-order chi connectivity index (χ0) is 14.5. The zero-order valence-electron chi connectivity index (χ0n) is 10.0. The van der Waals surface area contributed by atoms with E-state index in [2.05, 4.69) is 4.74 Å². The van der Waals surface area contributed by atoms with E-state index in [-0.39, 0.29) is 12.2 Å². The standard InChI is InChI=1S/C11H12F3NO4/c1-8(19-7-15(16)17)18-6-9-4-2-3-5-10(9)11(12,13)14/h2-5,8H,6-7H2,1H3. The number of hydrogen-bond acceptors (Lipinski definition) is 4. The van der Waals surface area contributed by atoms with E-state index in [9.17, 15) is 23.3 Å². The topological polar surface area (TPSA) is 61.6 Å². The SMILES string of the molecule is CC(OCc1ccccc1C(F)(F)F)OC[N+](=O)[O-]. The van der Waals surface area contributed by atoms with Crippen LogP contribution in [0.4, 0.5) is 13.2 Å². The molecule has 1 unspecified atom stereocenters. The first-order chi connectivity index (χ1) is 8.80. The van der Waals surface area contributed by atoms with Gasteiger partial charge in [-0.15, -0.1) is 0 Å². The lowest BCUT2D eigenvalue weighted by atomic mass is 10.1. The van der Waals surface area contributed by atoms with Crippen LogP contribution in [0.1, 0.15) is 18.1 Å². The summed E-state index contributed by atoms with van der Waals surface area (Å²) in [7, 11) is 0. The maximum absolute atomic E-state index is 12.7. The first-order valence-corrected chi connectivity index (χ1v) is 5.31. The fourth-order valence-electron chi connectivity index (χ4n) is 1.34. The van der Waals surface area contributed by atoms with Gasteiger partial charge in [-0.05, 0) is 18.6 Å². The van der Waals surface area contributed by atoms with Crippen molar-refractivity contribution >= 4 is 0 Å². The van der Waals surface area contributed by atoms with Gasteiger partial charge in [0.1, 0.15) is 0 Å². The van der Waals surface area contributed by atoms with Gasteiger partial charge >= 0.3 is 12.9 Å². The first kappa shape index (κ1) is 15.4. The number of hydrogen-bond donors (Lipinski definition) is 0. The van der Waals surface area contributed by atoms with Crippen LogP contribution in [-0.2, 0) is 22.3 Å². The molecule has 1 aromatic carbocycles. The lowest BCUT2D eigenvalue weighted by molar-refractivity contribution is -0.536. The van der Waals surface area contributed by atoms with Gasteiger partial charge in [-0.3, -0.25) is 14.9 Å². The van der Waals surface area contributed by atoms with Crippen molar-refractivity contribution in [1.29, 1.82) is 0 Å². The van der Waals surface area contributed by atoms with E-state index < -0.39 is 29.7 Å². The van der Waals surface area contributed by atoms with Crippen LogP contribution in [0.25, 0.3) is 0 Å². The van der Waals surface area contributed by atoms with Gasteiger partial charge in [0, 0.05) is 4.92 Å². The number of nitrogens with zero attached hydrogens (tertiary/aromatic N) is 1. The number of rotatable bonds is 6. The van der Waals surface area contributed by atoms with Crippen molar-refractivity contribution < 1.29 is 27.6 Å². The molecular formula is C11H12F3NO4. The lowest BCUT2D eigenvalue weighted by Gasteiger charge is -2.15. The van der Waals surface area contributed by atoms with Crippen LogP contribution in [0.2, 0.25) is 0 Å². The summed E-state index contributed by atoms with van der Waals surface area (Å²) < 4.78 is 47.6. The van der Waals surface area contributed by atoms with Gasteiger partial charge in [0.05, 0.1) is 12.2 Å². The van der Waals surface area contributed by atoms with E-state index in [1.165, 1.54) is 25.1 Å². The Morgan fingerprint density at radius 2 is 1.95 bits per heavy atom. The van der Waals surface area contributed by atoms with E-state index in [0.717, 1.165) is 6.07 Å². The van der Waals surface area contributed by atoms with Crippen molar-refractivity contribution in [3.8, 4) is 0 Å². The van der Waals surface area contributed by atoms with Crippen LogP contribution in [0.5, 0.6) is 0 Å². The minimum absolute atomic E-state index is 0.0495. The summed E-state index contributed by atoms with van der Waals surface area (Å²) in [5.74, 6) is 0. The predicted octanol–water partition coefficient (Wildman–Crippen LogP) is 2.82. The molecule has 0 aliphatic heterocycles. The number of alkyl halides is 3. The molecule has 0 heterocycles. The summed E-state index contributed by atoms with van der Waals surface area (Å²) in [6.07, 6.45) is -5.43. The van der Waals surface area contributed by atoms with Crippen LogP contribution >= 0.6 is 0 Å². The van der Waals surface area contributed by atoms with Gasteiger partial charge in [-0.2, -0.15) is 13.2 Å². The summed E-state index contributed by atoms with van der Waals surface area (Å²) in [6.45, 7) is 0.274. The van der Waals surface area contributed by atoms with Crippen molar-refractivity contribution in [1.82, 2.24) is 0 Å². The molecule has 8 heteroatoms. The molecule has 5 nitrogen and oxygen atoms in total. The minimum Gasteiger partial charge on any atom is -0.348 e. The quantitative estimate of drug-likeness (QED) is 0.456. The summed E-state index contributed by atoms with van der Waals surface area (Å²) in [6, 6.07) is 4.96. The van der Waals surface area contributed by atoms with Crippen LogP contribution in [0.15, 0.2) is 24.3 Å². The van der Waals surface area contributed by atoms with Gasteiger partial charge in [0.25, 0.3) is 0 Å². The van der Waals surface area contributed by atoms with Gasteiger partial charge in [-0.1, -0.05) is 18.2 Å².